The molecule has 13 aromatic rings. The first-order valence-electron chi connectivity index (χ1n) is 30.1. The van der Waals surface area contributed by atoms with Crippen LogP contribution in [0.2, 0.25) is 0 Å². The first kappa shape index (κ1) is 56.0. The van der Waals surface area contributed by atoms with Crippen molar-refractivity contribution < 1.29 is 27.0 Å². The Kier molecular flexibility index (Phi) is 14.1. The fourth-order valence-electron chi connectivity index (χ4n) is 13.9. The highest BCUT2D eigenvalue weighted by Gasteiger charge is 2.50. The van der Waals surface area contributed by atoms with Crippen LogP contribution in [0.15, 0.2) is 310 Å². The van der Waals surface area contributed by atoms with E-state index in [4.69, 9.17) is 9.47 Å². The third kappa shape index (κ3) is 9.61. The molecule has 13 aromatic carbocycles. The van der Waals surface area contributed by atoms with Crippen LogP contribution in [0.4, 0.5) is 34.6 Å². The Morgan fingerprint density at radius 1 is 0.286 bits per heavy atom. The lowest BCUT2D eigenvalue weighted by Crippen LogP contribution is -2.30. The van der Waals surface area contributed by atoms with Gasteiger partial charge in [0.25, 0.3) is 0 Å². The molecular weight excluding hydrogens is 1130 g/mol. The van der Waals surface area contributed by atoms with Gasteiger partial charge in [-0.1, -0.05) is 207 Å². The monoisotopic (exact) mass is 1190 g/mol. The normalized spacial score (nSPS) is 15.0. The Bertz CT molecular complexity index is 4720. The van der Waals surface area contributed by atoms with Gasteiger partial charge in [0.1, 0.15) is 46.3 Å². The van der Waals surface area contributed by atoms with E-state index in [2.05, 4.69) is 121 Å². The number of halogens is 4. The molecule has 436 valence electrons. The molecule has 0 fully saturated rings. The Balaban J connectivity index is 0.958. The standard InChI is InChI=1S/C84H55F4NO2/c1-3-54-24-36-67(37-25-54)90-69-40-28-60(29-41-69)83(77-46-32-62(85)50-81(77)87)75-22-10-8-20-71(75)73-44-34-65(52-79(73)83)89(64-19-13-18-59(49-64)58-17-12-16-57(48-58)56-14-6-5-7-15-56)66-35-45-74-72-21-9-11-23-76(72)84(80(74)53-66,78-47-33-63(86)51-82(78)88)61-30-42-70(43-31-61)91-68-38-26-55(4-2)27-39-68/h3-53H,1-2H2. The van der Waals surface area contributed by atoms with Crippen LogP contribution in [0.1, 0.15) is 55.6 Å². The zero-order valence-electron chi connectivity index (χ0n) is 49.1. The summed E-state index contributed by atoms with van der Waals surface area (Å²) in [6.45, 7) is 7.77. The molecule has 0 saturated carbocycles. The van der Waals surface area contributed by atoms with Gasteiger partial charge < -0.3 is 14.4 Å². The van der Waals surface area contributed by atoms with E-state index in [9.17, 15) is 0 Å². The molecule has 0 spiro atoms. The van der Waals surface area contributed by atoms with Gasteiger partial charge in [-0.15, -0.1) is 0 Å². The molecule has 3 nitrogen and oxygen atoms in total. The Labute approximate surface area is 526 Å². The van der Waals surface area contributed by atoms with Crippen LogP contribution >= 0.6 is 0 Å². The molecule has 0 amide bonds. The van der Waals surface area contributed by atoms with Crippen molar-refractivity contribution in [3.63, 3.8) is 0 Å². The molecule has 0 N–H and O–H groups in total. The molecule has 2 atom stereocenters. The predicted molar refractivity (Wildman–Crippen MR) is 360 cm³/mol. The maximum Gasteiger partial charge on any atom is 0.130 e. The number of hydrogen-bond acceptors (Lipinski definition) is 3. The van der Waals surface area contributed by atoms with Gasteiger partial charge in [0.2, 0.25) is 0 Å². The summed E-state index contributed by atoms with van der Waals surface area (Å²) >= 11 is 0. The fourth-order valence-corrected chi connectivity index (χ4v) is 13.9. The molecule has 2 aliphatic carbocycles. The number of hydrogen-bond donors (Lipinski definition) is 0. The molecular formula is C84H55F4NO2. The largest absolute Gasteiger partial charge is 0.457 e. The summed E-state index contributed by atoms with van der Waals surface area (Å²) in [5.41, 5.74) is 14.2. The second kappa shape index (κ2) is 22.9. The summed E-state index contributed by atoms with van der Waals surface area (Å²) in [5, 5.41) is 0. The van der Waals surface area contributed by atoms with Crippen LogP contribution in [-0.4, -0.2) is 0 Å². The van der Waals surface area contributed by atoms with Crippen LogP contribution in [0, 0.1) is 23.3 Å². The van der Waals surface area contributed by atoms with Gasteiger partial charge in [-0.05, 0) is 192 Å². The van der Waals surface area contributed by atoms with Crippen LogP contribution in [-0.2, 0) is 10.8 Å². The minimum atomic E-state index is -1.34. The molecule has 15 rings (SSSR count). The molecule has 2 unspecified atom stereocenters. The lowest BCUT2D eigenvalue weighted by atomic mass is 9.67. The molecule has 7 heteroatoms. The van der Waals surface area contributed by atoms with Crippen molar-refractivity contribution in [1.82, 2.24) is 0 Å². The molecule has 0 saturated heterocycles. The van der Waals surface area contributed by atoms with Crippen molar-refractivity contribution in [3.05, 3.63) is 389 Å². The van der Waals surface area contributed by atoms with Crippen molar-refractivity contribution in [2.24, 2.45) is 0 Å². The molecule has 0 bridgehead atoms. The number of nitrogens with zero attached hydrogens (tertiary/aromatic N) is 1. The van der Waals surface area contributed by atoms with Crippen LogP contribution in [0.5, 0.6) is 23.0 Å². The van der Waals surface area contributed by atoms with Gasteiger partial charge in [0.15, 0.2) is 0 Å². The van der Waals surface area contributed by atoms with E-state index in [1.165, 1.54) is 12.1 Å². The van der Waals surface area contributed by atoms with Crippen LogP contribution < -0.4 is 14.4 Å². The maximum atomic E-state index is 17.4. The van der Waals surface area contributed by atoms with Gasteiger partial charge in [0, 0.05) is 40.3 Å². The predicted octanol–water partition coefficient (Wildman–Crippen LogP) is 22.6. The van der Waals surface area contributed by atoms with Crippen molar-refractivity contribution in [3.8, 4) is 67.5 Å². The van der Waals surface area contributed by atoms with E-state index in [1.807, 2.05) is 158 Å². The maximum absolute atomic E-state index is 17.4. The smallest absolute Gasteiger partial charge is 0.130 e. The topological polar surface area (TPSA) is 21.7 Å². The van der Waals surface area contributed by atoms with Gasteiger partial charge in [-0.25, -0.2) is 17.6 Å². The van der Waals surface area contributed by atoms with E-state index < -0.39 is 34.1 Å². The lowest BCUT2D eigenvalue weighted by Gasteiger charge is -2.36. The van der Waals surface area contributed by atoms with Crippen molar-refractivity contribution in [1.29, 1.82) is 0 Å². The van der Waals surface area contributed by atoms with Crippen LogP contribution in [0.25, 0.3) is 56.7 Å². The first-order valence-corrected chi connectivity index (χ1v) is 30.1. The van der Waals surface area contributed by atoms with Crippen LogP contribution in [0.3, 0.4) is 0 Å². The fraction of sp³-hybridized carbons (Fsp3) is 0.0238. The average Bonchev–Trinajstić information content (AvgIpc) is 1.57. The van der Waals surface area contributed by atoms with E-state index >= 15 is 17.6 Å². The zero-order valence-corrected chi connectivity index (χ0v) is 49.1. The molecule has 0 radical (unpaired) electrons. The second-order valence-corrected chi connectivity index (χ2v) is 22.9. The van der Waals surface area contributed by atoms with E-state index in [0.29, 0.717) is 34.4 Å². The molecule has 0 heterocycles. The third-order valence-electron chi connectivity index (χ3n) is 17.9. The minimum Gasteiger partial charge on any atom is -0.457 e. The minimum absolute atomic E-state index is 0.265. The first-order chi connectivity index (χ1) is 44.6. The van der Waals surface area contributed by atoms with Gasteiger partial charge in [-0.3, -0.25) is 0 Å². The summed E-state index contributed by atoms with van der Waals surface area (Å²) < 4.78 is 78.4. The summed E-state index contributed by atoms with van der Waals surface area (Å²) in [6, 6.07) is 94.1. The molecule has 91 heavy (non-hydrogen) atoms. The summed E-state index contributed by atoms with van der Waals surface area (Å²) in [6.07, 6.45) is 3.55. The van der Waals surface area contributed by atoms with Crippen molar-refractivity contribution >= 4 is 29.2 Å². The number of rotatable bonds is 15. The third-order valence-corrected chi connectivity index (χ3v) is 17.9. The molecule has 0 aromatic heterocycles. The quantitative estimate of drug-likeness (QED) is 0.0955. The van der Waals surface area contributed by atoms with Gasteiger partial charge in [0.05, 0.1) is 10.8 Å². The second-order valence-electron chi connectivity index (χ2n) is 22.9. The van der Waals surface area contributed by atoms with E-state index in [-0.39, 0.29) is 11.1 Å². The molecule has 2 aliphatic rings. The number of fused-ring (bicyclic) bond motifs is 6. The molecule has 0 aliphatic heterocycles. The van der Waals surface area contributed by atoms with E-state index in [0.717, 1.165) is 107 Å². The highest BCUT2D eigenvalue weighted by molar-refractivity contribution is 5.93. The van der Waals surface area contributed by atoms with Crippen molar-refractivity contribution in [2.45, 2.75) is 10.8 Å². The Morgan fingerprint density at radius 2 is 0.659 bits per heavy atom. The SMILES string of the molecule is C=Cc1ccc(Oc2ccc(C3(c4ccc(F)cc4F)c4ccccc4-c4ccc(N(c5cccc(-c6cccc(-c7ccccc7)c6)c5)c5ccc6c(c5)C(c5ccc(Oc7ccc(C=C)cc7)cc5)(c5ccc(F)cc5F)c5ccccc5-6)cc43)cc2)cc1. The summed E-state index contributed by atoms with van der Waals surface area (Å²) in [4.78, 5) is 2.19. The highest BCUT2D eigenvalue weighted by Crippen LogP contribution is 2.61. The number of ether oxygens (including phenoxy) is 2. The van der Waals surface area contributed by atoms with E-state index in [1.54, 1.807) is 24.3 Å². The number of anilines is 3. The Morgan fingerprint density at radius 3 is 1.11 bits per heavy atom. The summed E-state index contributed by atoms with van der Waals surface area (Å²) in [7, 11) is 0. The van der Waals surface area contributed by atoms with Gasteiger partial charge >= 0.3 is 0 Å². The summed E-state index contributed by atoms with van der Waals surface area (Å²) in [5.74, 6) is -0.396. The average molecular weight is 1190 g/mol. The lowest BCUT2D eigenvalue weighted by molar-refractivity contribution is 0.481. The zero-order chi connectivity index (χ0) is 61.8. The highest BCUT2D eigenvalue weighted by atomic mass is 19.1. The number of benzene rings is 13. The Hall–Kier alpha value is -11.5. The van der Waals surface area contributed by atoms with Crippen molar-refractivity contribution in [2.75, 3.05) is 4.90 Å². The van der Waals surface area contributed by atoms with Gasteiger partial charge in [-0.2, -0.15) is 0 Å².